The average Bonchev–Trinajstić information content (AvgIpc) is 3.32. The van der Waals surface area contributed by atoms with Crippen molar-refractivity contribution in [2.75, 3.05) is 25.0 Å². The quantitative estimate of drug-likeness (QED) is 0.667. The molecule has 3 aliphatic rings. The van der Waals surface area contributed by atoms with E-state index >= 15 is 0 Å². The summed E-state index contributed by atoms with van der Waals surface area (Å²) >= 11 is 0. The van der Waals surface area contributed by atoms with E-state index in [2.05, 4.69) is 59.5 Å². The summed E-state index contributed by atoms with van der Waals surface area (Å²) in [6.07, 6.45) is 4.59. The normalized spacial score (nSPS) is 23.2. The Bertz CT molecular complexity index is 1220. The Morgan fingerprint density at radius 3 is 2.42 bits per heavy atom. The van der Waals surface area contributed by atoms with E-state index in [1.807, 2.05) is 17.0 Å². The summed E-state index contributed by atoms with van der Waals surface area (Å²) < 4.78 is 2.12. The van der Waals surface area contributed by atoms with Crippen LogP contribution < -0.4 is 10.2 Å². The SMILES string of the molecule is CN1C(=O)N(c2ccc(-c3ccc4ccn(C)c4c3)cc2)C(C2CCNC2)N1C(=O)C1CC1. The highest BCUT2D eigenvalue weighted by atomic mass is 16.2. The van der Waals surface area contributed by atoms with Gasteiger partial charge in [0.05, 0.1) is 0 Å². The maximum Gasteiger partial charge on any atom is 0.344 e. The van der Waals surface area contributed by atoms with Crippen molar-refractivity contribution in [3.05, 3.63) is 54.7 Å². The van der Waals surface area contributed by atoms with Gasteiger partial charge >= 0.3 is 6.03 Å². The van der Waals surface area contributed by atoms with Gasteiger partial charge in [-0.25, -0.2) is 14.8 Å². The number of hydrazine groups is 1. The third kappa shape index (κ3) is 3.30. The molecule has 2 saturated heterocycles. The lowest BCUT2D eigenvalue weighted by molar-refractivity contribution is -0.146. The van der Waals surface area contributed by atoms with E-state index in [0.29, 0.717) is 0 Å². The van der Waals surface area contributed by atoms with E-state index in [4.69, 9.17) is 0 Å². The third-order valence-corrected chi connectivity index (χ3v) is 7.36. The van der Waals surface area contributed by atoms with Crippen molar-refractivity contribution in [2.24, 2.45) is 18.9 Å². The highest BCUT2D eigenvalue weighted by Crippen LogP contribution is 2.39. The summed E-state index contributed by atoms with van der Waals surface area (Å²) in [6.45, 7) is 1.73. The lowest BCUT2D eigenvalue weighted by Crippen LogP contribution is -2.51. The van der Waals surface area contributed by atoms with Crippen molar-refractivity contribution in [2.45, 2.75) is 25.4 Å². The predicted octanol–water partition coefficient (Wildman–Crippen LogP) is 3.81. The Hall–Kier alpha value is -3.32. The number of amides is 3. The molecule has 3 aromatic rings. The van der Waals surface area contributed by atoms with Gasteiger partial charge in [0.15, 0.2) is 0 Å². The maximum absolute atomic E-state index is 13.4. The van der Waals surface area contributed by atoms with Crippen LogP contribution in [0.2, 0.25) is 0 Å². The van der Waals surface area contributed by atoms with E-state index in [-0.39, 0.29) is 29.9 Å². The molecule has 3 fully saturated rings. The topological polar surface area (TPSA) is 60.8 Å². The number of hydrogen-bond donors (Lipinski definition) is 1. The molecule has 2 aliphatic heterocycles. The highest BCUT2D eigenvalue weighted by Gasteiger charge is 2.52. The minimum Gasteiger partial charge on any atom is -0.351 e. The average molecular weight is 444 g/mol. The number of urea groups is 1. The van der Waals surface area contributed by atoms with Gasteiger partial charge in [-0.05, 0) is 66.6 Å². The molecule has 2 atom stereocenters. The van der Waals surface area contributed by atoms with Crippen LogP contribution in [-0.4, -0.2) is 52.8 Å². The molecule has 0 spiro atoms. The Labute approximate surface area is 193 Å². The number of nitrogens with one attached hydrogen (secondary N) is 1. The fourth-order valence-electron chi connectivity index (χ4n) is 5.31. The monoisotopic (exact) mass is 443 g/mol. The minimum absolute atomic E-state index is 0.0619. The molecule has 2 aromatic carbocycles. The molecule has 33 heavy (non-hydrogen) atoms. The highest BCUT2D eigenvalue weighted by molar-refractivity contribution is 5.98. The number of benzene rings is 2. The number of aryl methyl sites for hydroxylation is 1. The number of hydrogen-bond acceptors (Lipinski definition) is 3. The number of aromatic nitrogens is 1. The summed E-state index contributed by atoms with van der Waals surface area (Å²) in [7, 11) is 3.78. The van der Waals surface area contributed by atoms with Crippen LogP contribution in [0, 0.1) is 11.8 Å². The minimum atomic E-state index is -0.281. The van der Waals surface area contributed by atoms with Gasteiger partial charge in [0.2, 0.25) is 5.91 Å². The summed E-state index contributed by atoms with van der Waals surface area (Å²) in [6, 6.07) is 16.6. The fraction of sp³-hybridized carbons (Fsp3) is 0.385. The van der Waals surface area contributed by atoms with Crippen LogP contribution in [0.3, 0.4) is 0 Å². The second kappa shape index (κ2) is 7.63. The molecule has 170 valence electrons. The second-order valence-electron chi connectivity index (χ2n) is 9.55. The van der Waals surface area contributed by atoms with E-state index in [0.717, 1.165) is 49.2 Å². The lowest BCUT2D eigenvalue weighted by Gasteiger charge is -2.34. The van der Waals surface area contributed by atoms with Gasteiger partial charge in [-0.2, -0.15) is 0 Å². The zero-order valence-corrected chi connectivity index (χ0v) is 19.1. The van der Waals surface area contributed by atoms with Crippen LogP contribution in [0.4, 0.5) is 10.5 Å². The summed E-state index contributed by atoms with van der Waals surface area (Å²) in [5.41, 5.74) is 4.27. The Kier molecular flexibility index (Phi) is 4.69. The molecule has 2 unspecified atom stereocenters. The van der Waals surface area contributed by atoms with Crippen molar-refractivity contribution < 1.29 is 9.59 Å². The van der Waals surface area contributed by atoms with E-state index in [1.54, 1.807) is 12.1 Å². The van der Waals surface area contributed by atoms with Crippen LogP contribution in [0.15, 0.2) is 54.7 Å². The van der Waals surface area contributed by atoms with E-state index in [1.165, 1.54) is 15.9 Å². The van der Waals surface area contributed by atoms with Crippen LogP contribution in [0.25, 0.3) is 22.0 Å². The zero-order chi connectivity index (χ0) is 22.7. The first kappa shape index (κ1) is 20.3. The largest absolute Gasteiger partial charge is 0.351 e. The van der Waals surface area contributed by atoms with Crippen LogP contribution >= 0.6 is 0 Å². The third-order valence-electron chi connectivity index (χ3n) is 7.36. The molecule has 1 saturated carbocycles. The summed E-state index contributed by atoms with van der Waals surface area (Å²) in [5, 5.41) is 7.89. The Morgan fingerprint density at radius 1 is 0.970 bits per heavy atom. The number of anilines is 1. The van der Waals surface area contributed by atoms with Gasteiger partial charge in [0.1, 0.15) is 6.17 Å². The number of carbonyl (C=O) groups is 2. The molecule has 6 rings (SSSR count). The van der Waals surface area contributed by atoms with Crippen molar-refractivity contribution >= 4 is 28.5 Å². The molecule has 7 nitrogen and oxygen atoms in total. The first-order chi connectivity index (χ1) is 16.0. The van der Waals surface area contributed by atoms with Crippen LogP contribution in [0.1, 0.15) is 19.3 Å². The molecule has 0 radical (unpaired) electrons. The second-order valence-corrected chi connectivity index (χ2v) is 9.55. The van der Waals surface area contributed by atoms with Crippen LogP contribution in [0.5, 0.6) is 0 Å². The molecule has 3 heterocycles. The Balaban J connectivity index is 1.34. The molecular weight excluding hydrogens is 414 g/mol. The van der Waals surface area contributed by atoms with Gasteiger partial charge < -0.3 is 9.88 Å². The standard InChI is InChI=1S/C26H29N5O2/c1-28-14-12-18-3-6-20(15-23(18)28)17-7-9-22(10-8-17)30-24(21-11-13-27-16-21)31(29(2)26(30)33)25(32)19-4-5-19/h3,6-10,12,14-15,19,21,24,27H,4-5,11,13,16H2,1-2H3. The smallest absolute Gasteiger partial charge is 0.344 e. The van der Waals surface area contributed by atoms with Crippen LogP contribution in [-0.2, 0) is 11.8 Å². The Morgan fingerprint density at radius 2 is 1.73 bits per heavy atom. The molecule has 3 amide bonds. The summed E-state index contributed by atoms with van der Waals surface area (Å²) in [5.74, 6) is 0.352. The van der Waals surface area contributed by atoms with Gasteiger partial charge in [-0.15, -0.1) is 0 Å². The summed E-state index contributed by atoms with van der Waals surface area (Å²) in [4.78, 5) is 28.3. The fourth-order valence-corrected chi connectivity index (χ4v) is 5.31. The van der Waals surface area contributed by atoms with Gasteiger partial charge in [0.25, 0.3) is 0 Å². The molecule has 1 aromatic heterocycles. The predicted molar refractivity (Wildman–Crippen MR) is 128 cm³/mol. The van der Waals surface area contributed by atoms with E-state index < -0.39 is 0 Å². The first-order valence-corrected chi connectivity index (χ1v) is 11.8. The number of fused-ring (bicyclic) bond motifs is 1. The van der Waals surface area contributed by atoms with Crippen molar-refractivity contribution in [1.29, 1.82) is 0 Å². The van der Waals surface area contributed by atoms with Crippen molar-refractivity contribution in [3.63, 3.8) is 0 Å². The molecular formula is C26H29N5O2. The van der Waals surface area contributed by atoms with Crippen molar-refractivity contribution in [3.8, 4) is 11.1 Å². The zero-order valence-electron chi connectivity index (χ0n) is 19.1. The molecule has 1 aliphatic carbocycles. The molecule has 1 N–H and O–H groups in total. The molecule has 0 bridgehead atoms. The van der Waals surface area contributed by atoms with E-state index in [9.17, 15) is 9.59 Å². The van der Waals surface area contributed by atoms with Gasteiger partial charge in [0, 0.05) is 49.9 Å². The maximum atomic E-state index is 13.4. The van der Waals surface area contributed by atoms with Crippen molar-refractivity contribution in [1.82, 2.24) is 19.9 Å². The van der Waals surface area contributed by atoms with Gasteiger partial charge in [-0.1, -0.05) is 24.3 Å². The number of rotatable bonds is 4. The molecule has 7 heteroatoms. The first-order valence-electron chi connectivity index (χ1n) is 11.8. The number of nitrogens with zero attached hydrogens (tertiary/aromatic N) is 4. The van der Waals surface area contributed by atoms with Gasteiger partial charge in [-0.3, -0.25) is 9.69 Å². The number of carbonyl (C=O) groups excluding carboxylic acids is 2. The lowest BCUT2D eigenvalue weighted by atomic mass is 10.0.